The van der Waals surface area contributed by atoms with Gasteiger partial charge in [0.25, 0.3) is 0 Å². The highest BCUT2D eigenvalue weighted by molar-refractivity contribution is 5.47. The largest absolute Gasteiger partial charge is 0.419 e. The number of nitrogens with one attached hydrogen (secondary N) is 1. The van der Waals surface area contributed by atoms with Crippen LogP contribution >= 0.6 is 0 Å². The van der Waals surface area contributed by atoms with Crippen LogP contribution < -0.4 is 5.32 Å². The summed E-state index contributed by atoms with van der Waals surface area (Å²) in [7, 11) is 1.73. The minimum atomic E-state index is -4.70. The highest BCUT2D eigenvalue weighted by atomic mass is 19.4. The number of hydrogen-bond acceptors (Lipinski definition) is 2. The topological polar surface area (TPSA) is 29.9 Å². The Labute approximate surface area is 106 Å². The van der Waals surface area contributed by atoms with Crippen LogP contribution in [0.3, 0.4) is 0 Å². The number of aromatic nitrogens is 2. The van der Waals surface area contributed by atoms with Crippen LogP contribution in [0, 0.1) is 5.82 Å². The van der Waals surface area contributed by atoms with Crippen molar-refractivity contribution < 1.29 is 17.6 Å². The monoisotopic (exact) mass is 273 g/mol. The molecule has 0 aliphatic carbocycles. The van der Waals surface area contributed by atoms with Crippen molar-refractivity contribution in [2.75, 3.05) is 5.32 Å². The number of nitrogens with zero attached hydrogens (tertiary/aromatic N) is 2. The van der Waals surface area contributed by atoms with Gasteiger partial charge in [0.05, 0.1) is 17.8 Å². The number of anilines is 1. The predicted molar refractivity (Wildman–Crippen MR) is 61.9 cm³/mol. The molecule has 1 aromatic heterocycles. The molecule has 1 heterocycles. The lowest BCUT2D eigenvalue weighted by Gasteiger charge is -2.11. The van der Waals surface area contributed by atoms with Crippen LogP contribution in [0.15, 0.2) is 30.5 Å². The van der Waals surface area contributed by atoms with Gasteiger partial charge in [-0.2, -0.15) is 18.3 Å². The average molecular weight is 273 g/mol. The third-order valence-electron chi connectivity index (χ3n) is 2.67. The van der Waals surface area contributed by atoms with Crippen LogP contribution in [-0.2, 0) is 19.8 Å². The molecule has 2 aromatic rings. The molecule has 7 heteroatoms. The summed E-state index contributed by atoms with van der Waals surface area (Å²) in [6.07, 6.45) is -3.11. The van der Waals surface area contributed by atoms with Crippen LogP contribution in [0.25, 0.3) is 0 Å². The van der Waals surface area contributed by atoms with Gasteiger partial charge in [-0.1, -0.05) is 0 Å². The van der Waals surface area contributed by atoms with E-state index in [4.69, 9.17) is 0 Å². The van der Waals surface area contributed by atoms with Crippen LogP contribution in [0.4, 0.5) is 23.2 Å². The van der Waals surface area contributed by atoms with Crippen LogP contribution in [0.1, 0.15) is 11.3 Å². The van der Waals surface area contributed by atoms with Gasteiger partial charge in [-0.25, -0.2) is 4.39 Å². The van der Waals surface area contributed by atoms with Crippen molar-refractivity contribution in [3.8, 4) is 0 Å². The molecule has 3 nitrogen and oxygen atoms in total. The Morgan fingerprint density at radius 2 is 2.00 bits per heavy atom. The Bertz CT molecular complexity index is 575. The molecule has 0 aliphatic heterocycles. The first-order valence-electron chi connectivity index (χ1n) is 5.45. The lowest BCUT2D eigenvalue weighted by molar-refractivity contribution is -0.139. The number of alkyl halides is 3. The number of hydrogen-bond donors (Lipinski definition) is 1. The number of halogens is 4. The van der Waals surface area contributed by atoms with Gasteiger partial charge in [-0.05, 0) is 24.3 Å². The second kappa shape index (κ2) is 4.91. The van der Waals surface area contributed by atoms with Crippen molar-refractivity contribution in [2.24, 2.45) is 7.05 Å². The molecule has 0 fully saturated rings. The van der Waals surface area contributed by atoms with Crippen molar-refractivity contribution in [3.63, 3.8) is 0 Å². The van der Waals surface area contributed by atoms with Gasteiger partial charge in [-0.3, -0.25) is 4.68 Å². The minimum absolute atomic E-state index is 0.204. The zero-order chi connectivity index (χ0) is 14.0. The Balaban J connectivity index is 2.16. The molecule has 2 rings (SSSR count). The second-order valence-corrected chi connectivity index (χ2v) is 3.99. The van der Waals surface area contributed by atoms with Crippen molar-refractivity contribution in [3.05, 3.63) is 47.5 Å². The normalized spacial score (nSPS) is 11.6. The van der Waals surface area contributed by atoms with Gasteiger partial charge in [0.1, 0.15) is 5.82 Å². The molecule has 0 saturated carbocycles. The van der Waals surface area contributed by atoms with Crippen molar-refractivity contribution in [2.45, 2.75) is 12.7 Å². The van der Waals surface area contributed by atoms with E-state index in [0.717, 1.165) is 17.8 Å². The summed E-state index contributed by atoms with van der Waals surface area (Å²) in [5, 5.41) is 6.74. The van der Waals surface area contributed by atoms with E-state index in [1.807, 2.05) is 0 Å². The second-order valence-electron chi connectivity index (χ2n) is 3.99. The quantitative estimate of drug-likeness (QED) is 0.870. The van der Waals surface area contributed by atoms with Gasteiger partial charge >= 0.3 is 6.18 Å². The molecule has 1 aromatic carbocycles. The maximum atomic E-state index is 13.1. The minimum Gasteiger partial charge on any atom is -0.379 e. The Morgan fingerprint density at radius 1 is 1.26 bits per heavy atom. The molecule has 0 unspecified atom stereocenters. The molecule has 19 heavy (non-hydrogen) atoms. The van der Waals surface area contributed by atoms with Gasteiger partial charge in [0.2, 0.25) is 0 Å². The van der Waals surface area contributed by atoms with E-state index in [1.165, 1.54) is 6.07 Å². The average Bonchev–Trinajstić information content (AvgIpc) is 2.72. The van der Waals surface area contributed by atoms with Crippen molar-refractivity contribution >= 4 is 5.69 Å². The van der Waals surface area contributed by atoms with E-state index in [1.54, 1.807) is 24.0 Å². The molecule has 0 amide bonds. The lowest BCUT2D eigenvalue weighted by atomic mass is 10.2. The molecular weight excluding hydrogens is 262 g/mol. The summed E-state index contributed by atoms with van der Waals surface area (Å²) in [6.45, 7) is 0.305. The number of aryl methyl sites for hydroxylation is 1. The third kappa shape index (κ3) is 3.04. The van der Waals surface area contributed by atoms with Crippen LogP contribution in [0.5, 0.6) is 0 Å². The summed E-state index contributed by atoms with van der Waals surface area (Å²) < 4.78 is 52.3. The molecule has 0 aliphatic rings. The smallest absolute Gasteiger partial charge is 0.379 e. The third-order valence-corrected chi connectivity index (χ3v) is 2.67. The van der Waals surface area contributed by atoms with E-state index in [0.29, 0.717) is 6.54 Å². The van der Waals surface area contributed by atoms with Gasteiger partial charge in [0.15, 0.2) is 0 Å². The van der Waals surface area contributed by atoms with Gasteiger partial charge < -0.3 is 5.32 Å². The van der Waals surface area contributed by atoms with Gasteiger partial charge in [0, 0.05) is 18.9 Å². The Kier molecular flexibility index (Phi) is 3.46. The summed E-state index contributed by atoms with van der Waals surface area (Å²) in [5.41, 5.74) is -0.268. The molecule has 1 N–H and O–H groups in total. The first kappa shape index (κ1) is 13.4. The van der Waals surface area contributed by atoms with Crippen LogP contribution in [-0.4, -0.2) is 9.78 Å². The fourth-order valence-corrected chi connectivity index (χ4v) is 1.62. The van der Waals surface area contributed by atoms with Gasteiger partial charge in [-0.15, -0.1) is 0 Å². The molecular formula is C12H11F4N3. The van der Waals surface area contributed by atoms with E-state index < -0.39 is 17.6 Å². The number of rotatable bonds is 3. The lowest BCUT2D eigenvalue weighted by Crippen LogP contribution is -2.10. The van der Waals surface area contributed by atoms with E-state index >= 15 is 0 Å². The molecule has 0 bridgehead atoms. The maximum absolute atomic E-state index is 13.1. The van der Waals surface area contributed by atoms with Crippen LogP contribution in [0.2, 0.25) is 0 Å². The SMILES string of the molecule is Cn1nccc1CNc1ccc(F)c(C(F)(F)F)c1. The Morgan fingerprint density at radius 3 is 2.58 bits per heavy atom. The van der Waals surface area contributed by atoms with Crippen molar-refractivity contribution in [1.29, 1.82) is 0 Å². The van der Waals surface area contributed by atoms with E-state index in [2.05, 4.69) is 10.4 Å². The summed E-state index contributed by atoms with van der Waals surface area (Å²) in [6, 6.07) is 4.56. The van der Waals surface area contributed by atoms with E-state index in [-0.39, 0.29) is 5.69 Å². The first-order chi connectivity index (χ1) is 8.88. The highest BCUT2D eigenvalue weighted by Gasteiger charge is 2.34. The molecule has 102 valence electrons. The molecule has 0 saturated heterocycles. The molecule has 0 radical (unpaired) electrons. The fourth-order valence-electron chi connectivity index (χ4n) is 1.62. The summed E-state index contributed by atoms with van der Waals surface area (Å²) in [4.78, 5) is 0. The first-order valence-corrected chi connectivity index (χ1v) is 5.45. The zero-order valence-corrected chi connectivity index (χ0v) is 10.0. The fraction of sp³-hybridized carbons (Fsp3) is 0.250. The highest BCUT2D eigenvalue weighted by Crippen LogP contribution is 2.33. The zero-order valence-electron chi connectivity index (χ0n) is 10.0. The molecule has 0 atom stereocenters. The molecule has 0 spiro atoms. The standard InChI is InChI=1S/C12H11F4N3/c1-19-9(4-5-18-19)7-17-8-2-3-11(13)10(6-8)12(14,15)16/h2-6,17H,7H2,1H3. The summed E-state index contributed by atoms with van der Waals surface area (Å²) >= 11 is 0. The number of benzene rings is 1. The van der Waals surface area contributed by atoms with E-state index in [9.17, 15) is 17.6 Å². The summed E-state index contributed by atoms with van der Waals surface area (Å²) in [5.74, 6) is -1.28. The predicted octanol–water partition coefficient (Wildman–Crippen LogP) is 3.19. The Hall–Kier alpha value is -2.05. The maximum Gasteiger partial charge on any atom is 0.419 e. The van der Waals surface area contributed by atoms with Crippen molar-refractivity contribution in [1.82, 2.24) is 9.78 Å².